The summed E-state index contributed by atoms with van der Waals surface area (Å²) in [7, 11) is 0. The van der Waals surface area contributed by atoms with E-state index in [9.17, 15) is 14.7 Å². The Bertz CT molecular complexity index is 233. The molecule has 4 nitrogen and oxygen atoms in total. The minimum atomic E-state index is -0.843. The molecule has 0 aliphatic rings. The van der Waals surface area contributed by atoms with Gasteiger partial charge in [0.05, 0.1) is 5.75 Å². The Morgan fingerprint density at radius 1 is 1.40 bits per heavy atom. The van der Waals surface area contributed by atoms with Gasteiger partial charge in [-0.25, -0.2) is 0 Å². The first-order valence-electron chi connectivity index (χ1n) is 5.14. The number of carbonyl (C=O) groups excluding carboxylic acids is 1. The van der Waals surface area contributed by atoms with E-state index in [0.29, 0.717) is 12.8 Å². The van der Waals surface area contributed by atoms with E-state index < -0.39 is 16.6 Å². The maximum atomic E-state index is 11.2. The smallest absolute Gasteiger partial charge is 0.319 e. The molecule has 0 rings (SSSR count). The molecule has 0 aliphatic heterocycles. The Labute approximate surface area is 94.6 Å². The zero-order chi connectivity index (χ0) is 11.9. The molecular weight excluding hydrogens is 214 g/mol. The predicted octanol–water partition coefficient (Wildman–Crippen LogP) is 1.63. The third kappa shape index (κ3) is 4.55. The second-order valence-corrected chi connectivity index (χ2v) is 4.87. The molecule has 0 aromatic heterocycles. The van der Waals surface area contributed by atoms with E-state index in [2.05, 4.69) is 0 Å². The van der Waals surface area contributed by atoms with Crippen molar-refractivity contribution < 1.29 is 14.7 Å². The molecule has 0 aliphatic carbocycles. The number of primary amides is 1. The number of carboxylic acids is 1. The summed E-state index contributed by atoms with van der Waals surface area (Å²) >= 11 is 1.15. The van der Waals surface area contributed by atoms with Gasteiger partial charge in [0, 0.05) is 0 Å². The lowest BCUT2D eigenvalue weighted by atomic mass is 9.98. The van der Waals surface area contributed by atoms with Crippen molar-refractivity contribution in [2.45, 2.75) is 44.3 Å². The van der Waals surface area contributed by atoms with Crippen LogP contribution >= 0.6 is 11.8 Å². The quantitative estimate of drug-likeness (QED) is 0.667. The number of rotatable bonds is 8. The molecule has 88 valence electrons. The molecule has 0 saturated carbocycles. The highest BCUT2D eigenvalue weighted by molar-refractivity contribution is 8.02. The summed E-state index contributed by atoms with van der Waals surface area (Å²) in [5.41, 5.74) is 5.03. The number of hydrogen-bond acceptors (Lipinski definition) is 3. The molecule has 1 atom stereocenters. The average Bonchev–Trinajstić information content (AvgIpc) is 2.18. The van der Waals surface area contributed by atoms with Crippen molar-refractivity contribution in [3.63, 3.8) is 0 Å². The van der Waals surface area contributed by atoms with Gasteiger partial charge in [-0.15, -0.1) is 11.8 Å². The van der Waals surface area contributed by atoms with Crippen LogP contribution in [0.25, 0.3) is 0 Å². The number of carboxylic acid groups (broad SMARTS) is 1. The van der Waals surface area contributed by atoms with E-state index >= 15 is 0 Å². The molecule has 0 bridgehead atoms. The first kappa shape index (κ1) is 14.3. The van der Waals surface area contributed by atoms with Crippen LogP contribution in [-0.4, -0.2) is 27.5 Å². The maximum Gasteiger partial charge on any atom is 0.319 e. The van der Waals surface area contributed by atoms with Gasteiger partial charge in [0.25, 0.3) is 0 Å². The van der Waals surface area contributed by atoms with Crippen molar-refractivity contribution in [3.05, 3.63) is 0 Å². The average molecular weight is 233 g/mol. The molecule has 15 heavy (non-hydrogen) atoms. The lowest BCUT2D eigenvalue weighted by Gasteiger charge is -2.26. The third-order valence-electron chi connectivity index (χ3n) is 2.39. The fourth-order valence-electron chi connectivity index (χ4n) is 1.34. The normalized spacial score (nSPS) is 14.5. The van der Waals surface area contributed by atoms with E-state index in [4.69, 9.17) is 5.73 Å². The van der Waals surface area contributed by atoms with Gasteiger partial charge in [0.2, 0.25) is 5.91 Å². The molecule has 0 saturated heterocycles. The topological polar surface area (TPSA) is 80.4 Å². The van der Waals surface area contributed by atoms with Crippen molar-refractivity contribution in [1.29, 1.82) is 0 Å². The molecule has 0 unspecified atom stereocenters. The second-order valence-electron chi connectivity index (χ2n) is 3.51. The van der Waals surface area contributed by atoms with Gasteiger partial charge in [-0.05, 0) is 12.8 Å². The molecule has 0 spiro atoms. The lowest BCUT2D eigenvalue weighted by molar-refractivity contribution is -0.140. The fraction of sp³-hybridized carbons (Fsp3) is 0.800. The zero-order valence-corrected chi connectivity index (χ0v) is 10.1. The number of thioether (sulfide) groups is 1. The molecule has 0 radical (unpaired) electrons. The lowest BCUT2D eigenvalue weighted by Crippen LogP contribution is -2.36. The van der Waals surface area contributed by atoms with E-state index in [1.165, 1.54) is 0 Å². The van der Waals surface area contributed by atoms with Crippen molar-refractivity contribution in [1.82, 2.24) is 0 Å². The van der Waals surface area contributed by atoms with Crippen LogP contribution in [-0.2, 0) is 9.59 Å². The second kappa shape index (κ2) is 6.71. The molecule has 3 N–H and O–H groups in total. The number of hydrogen-bond donors (Lipinski definition) is 2. The molecule has 0 heterocycles. The summed E-state index contributed by atoms with van der Waals surface area (Å²) in [5.74, 6) is -1.23. The predicted molar refractivity (Wildman–Crippen MR) is 61.8 cm³/mol. The van der Waals surface area contributed by atoms with Crippen molar-refractivity contribution in [2.24, 2.45) is 5.73 Å². The van der Waals surface area contributed by atoms with E-state index in [1.54, 1.807) is 0 Å². The van der Waals surface area contributed by atoms with Crippen LogP contribution in [0.2, 0.25) is 0 Å². The van der Waals surface area contributed by atoms with Crippen LogP contribution in [0.5, 0.6) is 0 Å². The number of nitrogens with two attached hydrogens (primary N) is 1. The van der Waals surface area contributed by atoms with E-state index in [-0.39, 0.29) is 5.75 Å². The van der Waals surface area contributed by atoms with Gasteiger partial charge in [-0.1, -0.05) is 26.7 Å². The SMILES string of the molecule is CCCC[C@@](CC)(SCC(N)=O)C(=O)O. The molecule has 1 amide bonds. The van der Waals surface area contributed by atoms with Crippen molar-refractivity contribution in [3.8, 4) is 0 Å². The molecule has 0 fully saturated rings. The molecule has 5 heteroatoms. The first-order valence-corrected chi connectivity index (χ1v) is 6.12. The van der Waals surface area contributed by atoms with Crippen molar-refractivity contribution >= 4 is 23.6 Å². The Hall–Kier alpha value is -0.710. The van der Waals surface area contributed by atoms with Crippen LogP contribution in [0, 0.1) is 0 Å². The standard InChI is InChI=1S/C10H19NO3S/c1-3-5-6-10(4-2,9(13)14)15-7-8(11)12/h3-7H2,1-2H3,(H2,11,12)(H,13,14)/t10-/m1/s1. The molecule has 0 aromatic carbocycles. The summed E-state index contributed by atoms with van der Waals surface area (Å²) in [5, 5.41) is 9.19. The van der Waals surface area contributed by atoms with Crippen LogP contribution in [0.15, 0.2) is 0 Å². The van der Waals surface area contributed by atoms with E-state index in [1.807, 2.05) is 13.8 Å². The van der Waals surface area contributed by atoms with Crippen LogP contribution < -0.4 is 5.73 Å². The fourth-order valence-corrected chi connectivity index (χ4v) is 2.38. The summed E-state index contributed by atoms with van der Waals surface area (Å²) in [6.45, 7) is 3.85. The Morgan fingerprint density at radius 2 is 2.00 bits per heavy atom. The minimum Gasteiger partial charge on any atom is -0.480 e. The monoisotopic (exact) mass is 233 g/mol. The summed E-state index contributed by atoms with van der Waals surface area (Å²) in [6.07, 6.45) is 2.91. The minimum absolute atomic E-state index is 0.0733. The highest BCUT2D eigenvalue weighted by atomic mass is 32.2. The van der Waals surface area contributed by atoms with Crippen LogP contribution in [0.3, 0.4) is 0 Å². The van der Waals surface area contributed by atoms with Gasteiger partial charge in [-0.3, -0.25) is 9.59 Å². The Balaban J connectivity index is 4.50. The Morgan fingerprint density at radius 3 is 2.33 bits per heavy atom. The molecular formula is C10H19NO3S. The van der Waals surface area contributed by atoms with Gasteiger partial charge < -0.3 is 10.8 Å². The number of aliphatic carboxylic acids is 1. The highest BCUT2D eigenvalue weighted by Crippen LogP contribution is 2.34. The van der Waals surface area contributed by atoms with Crippen LogP contribution in [0.4, 0.5) is 0 Å². The Kier molecular flexibility index (Phi) is 6.40. The van der Waals surface area contributed by atoms with E-state index in [0.717, 1.165) is 24.6 Å². The highest BCUT2D eigenvalue weighted by Gasteiger charge is 2.36. The van der Waals surface area contributed by atoms with Gasteiger partial charge in [0.1, 0.15) is 4.75 Å². The summed E-state index contributed by atoms with van der Waals surface area (Å²) < 4.78 is -0.842. The summed E-state index contributed by atoms with van der Waals surface area (Å²) in [6, 6.07) is 0. The zero-order valence-electron chi connectivity index (χ0n) is 9.28. The van der Waals surface area contributed by atoms with Gasteiger partial charge in [0.15, 0.2) is 0 Å². The first-order chi connectivity index (χ1) is 6.98. The maximum absolute atomic E-state index is 11.2. The molecule has 0 aromatic rings. The largest absolute Gasteiger partial charge is 0.480 e. The number of amides is 1. The van der Waals surface area contributed by atoms with Crippen LogP contribution in [0.1, 0.15) is 39.5 Å². The van der Waals surface area contributed by atoms with Crippen molar-refractivity contribution in [2.75, 3.05) is 5.75 Å². The van der Waals surface area contributed by atoms with Gasteiger partial charge in [-0.2, -0.15) is 0 Å². The number of carbonyl (C=O) groups is 2. The third-order valence-corrected chi connectivity index (χ3v) is 4.03. The summed E-state index contributed by atoms with van der Waals surface area (Å²) in [4.78, 5) is 21.9. The number of unbranched alkanes of at least 4 members (excludes halogenated alkanes) is 1. The van der Waals surface area contributed by atoms with Gasteiger partial charge >= 0.3 is 5.97 Å².